The van der Waals surface area contributed by atoms with Crippen molar-refractivity contribution in [1.82, 2.24) is 10.2 Å². The van der Waals surface area contributed by atoms with E-state index in [4.69, 9.17) is 5.73 Å². The third-order valence-corrected chi connectivity index (χ3v) is 4.54. The summed E-state index contributed by atoms with van der Waals surface area (Å²) in [4.78, 5) is 14.6. The van der Waals surface area contributed by atoms with Crippen LogP contribution in [0.25, 0.3) is 0 Å². The number of piperidine rings is 1. The highest BCUT2D eigenvalue weighted by atomic mass is 16.1. The highest BCUT2D eigenvalue weighted by Gasteiger charge is 2.25. The highest BCUT2D eigenvalue weighted by molar-refractivity contribution is 5.78. The Morgan fingerprint density at radius 1 is 1.32 bits per heavy atom. The van der Waals surface area contributed by atoms with Crippen molar-refractivity contribution in [3.05, 3.63) is 34.4 Å². The molecule has 0 radical (unpaired) electrons. The first-order chi connectivity index (χ1) is 10.5. The molecule has 1 aliphatic heterocycles. The lowest BCUT2D eigenvalue weighted by Crippen LogP contribution is -2.43. The van der Waals surface area contributed by atoms with Gasteiger partial charge >= 0.3 is 0 Å². The maximum Gasteiger partial charge on any atom is 0.224 e. The van der Waals surface area contributed by atoms with Crippen molar-refractivity contribution in [2.45, 2.75) is 40.2 Å². The van der Waals surface area contributed by atoms with Crippen molar-refractivity contribution >= 4 is 5.91 Å². The molecule has 1 saturated heterocycles. The van der Waals surface area contributed by atoms with Crippen LogP contribution in [0.15, 0.2) is 12.1 Å². The SMILES string of the molecule is Cc1cc(C)c(CN2CCCC(C(=O)NCCN)C2)c(C)c1. The van der Waals surface area contributed by atoms with E-state index in [0.717, 1.165) is 32.5 Å². The zero-order valence-corrected chi connectivity index (χ0v) is 14.1. The molecule has 3 N–H and O–H groups in total. The summed E-state index contributed by atoms with van der Waals surface area (Å²) in [5, 5.41) is 2.93. The maximum absolute atomic E-state index is 12.1. The number of hydrogen-bond donors (Lipinski definition) is 2. The van der Waals surface area contributed by atoms with Crippen LogP contribution in [0.3, 0.4) is 0 Å². The number of nitrogens with one attached hydrogen (secondary N) is 1. The fourth-order valence-corrected chi connectivity index (χ4v) is 3.44. The number of nitrogens with two attached hydrogens (primary N) is 1. The van der Waals surface area contributed by atoms with Crippen LogP contribution in [0, 0.1) is 26.7 Å². The topological polar surface area (TPSA) is 58.4 Å². The molecular formula is C18H29N3O. The van der Waals surface area contributed by atoms with Crippen LogP contribution >= 0.6 is 0 Å². The summed E-state index contributed by atoms with van der Waals surface area (Å²) in [6, 6.07) is 4.50. The van der Waals surface area contributed by atoms with Gasteiger partial charge in [-0.2, -0.15) is 0 Å². The molecule has 1 heterocycles. The van der Waals surface area contributed by atoms with Gasteiger partial charge in [-0.25, -0.2) is 0 Å². The lowest BCUT2D eigenvalue weighted by atomic mass is 9.94. The van der Waals surface area contributed by atoms with Crippen LogP contribution < -0.4 is 11.1 Å². The van der Waals surface area contributed by atoms with Crippen LogP contribution in [0.2, 0.25) is 0 Å². The number of carbonyl (C=O) groups excluding carboxylic acids is 1. The Labute approximate surface area is 134 Å². The molecule has 1 unspecified atom stereocenters. The summed E-state index contributed by atoms with van der Waals surface area (Å²) >= 11 is 0. The highest BCUT2D eigenvalue weighted by Crippen LogP contribution is 2.22. The van der Waals surface area contributed by atoms with Crippen LogP contribution in [0.4, 0.5) is 0 Å². The molecule has 1 amide bonds. The Hall–Kier alpha value is -1.39. The van der Waals surface area contributed by atoms with Gasteiger partial charge in [0.05, 0.1) is 5.92 Å². The predicted octanol–water partition coefficient (Wildman–Crippen LogP) is 1.90. The van der Waals surface area contributed by atoms with Gasteiger partial charge < -0.3 is 11.1 Å². The normalized spacial score (nSPS) is 19.2. The van der Waals surface area contributed by atoms with E-state index in [1.807, 2.05) is 0 Å². The lowest BCUT2D eigenvalue weighted by Gasteiger charge is -2.32. The van der Waals surface area contributed by atoms with E-state index >= 15 is 0 Å². The molecule has 4 nitrogen and oxygen atoms in total. The minimum atomic E-state index is 0.103. The zero-order chi connectivity index (χ0) is 16.1. The second kappa shape index (κ2) is 7.75. The Morgan fingerprint density at radius 3 is 2.64 bits per heavy atom. The van der Waals surface area contributed by atoms with Gasteiger partial charge in [-0.3, -0.25) is 9.69 Å². The number of likely N-dealkylation sites (tertiary alicyclic amines) is 1. The molecule has 0 saturated carbocycles. The van der Waals surface area contributed by atoms with Crippen molar-refractivity contribution < 1.29 is 4.79 Å². The van der Waals surface area contributed by atoms with Crippen LogP contribution in [0.5, 0.6) is 0 Å². The van der Waals surface area contributed by atoms with Gasteiger partial charge in [-0.05, 0) is 56.8 Å². The molecule has 0 aromatic heterocycles. The molecule has 2 rings (SSSR count). The minimum absolute atomic E-state index is 0.103. The number of benzene rings is 1. The summed E-state index contributed by atoms with van der Waals surface area (Å²) < 4.78 is 0. The third-order valence-electron chi connectivity index (χ3n) is 4.54. The first-order valence-corrected chi connectivity index (χ1v) is 8.28. The van der Waals surface area contributed by atoms with E-state index in [1.54, 1.807) is 0 Å². The van der Waals surface area contributed by atoms with Crippen molar-refractivity contribution in [3.8, 4) is 0 Å². The predicted molar refractivity (Wildman–Crippen MR) is 90.7 cm³/mol. The molecule has 1 fully saturated rings. The van der Waals surface area contributed by atoms with Crippen LogP contribution in [0.1, 0.15) is 35.1 Å². The van der Waals surface area contributed by atoms with E-state index < -0.39 is 0 Å². The molecule has 22 heavy (non-hydrogen) atoms. The molecule has 0 bridgehead atoms. The van der Waals surface area contributed by atoms with E-state index in [1.165, 1.54) is 22.3 Å². The molecule has 122 valence electrons. The summed E-state index contributed by atoms with van der Waals surface area (Å²) in [5.74, 6) is 0.263. The van der Waals surface area contributed by atoms with Crippen molar-refractivity contribution in [3.63, 3.8) is 0 Å². The quantitative estimate of drug-likeness (QED) is 0.873. The van der Waals surface area contributed by atoms with E-state index in [0.29, 0.717) is 13.1 Å². The van der Waals surface area contributed by atoms with Crippen molar-refractivity contribution in [1.29, 1.82) is 0 Å². The fourth-order valence-electron chi connectivity index (χ4n) is 3.44. The number of amides is 1. The average molecular weight is 303 g/mol. The first-order valence-electron chi connectivity index (χ1n) is 8.28. The van der Waals surface area contributed by atoms with Gasteiger partial charge in [-0.15, -0.1) is 0 Å². The summed E-state index contributed by atoms with van der Waals surface area (Å²) in [6.45, 7) is 10.5. The third kappa shape index (κ3) is 4.31. The number of aryl methyl sites for hydroxylation is 3. The number of rotatable bonds is 5. The first kappa shape index (κ1) is 17.0. The zero-order valence-electron chi connectivity index (χ0n) is 14.1. The lowest BCUT2D eigenvalue weighted by molar-refractivity contribution is -0.126. The summed E-state index contributed by atoms with van der Waals surface area (Å²) in [7, 11) is 0. The molecule has 4 heteroatoms. The van der Waals surface area contributed by atoms with Gasteiger partial charge in [0, 0.05) is 26.2 Å². The molecule has 1 aromatic carbocycles. The molecule has 1 atom stereocenters. The van der Waals surface area contributed by atoms with Gasteiger partial charge in [0.2, 0.25) is 5.91 Å². The largest absolute Gasteiger partial charge is 0.355 e. The molecule has 0 aliphatic carbocycles. The van der Waals surface area contributed by atoms with E-state index in [-0.39, 0.29) is 11.8 Å². The van der Waals surface area contributed by atoms with Gasteiger partial charge in [-0.1, -0.05) is 17.7 Å². The Bertz CT molecular complexity index is 504. The number of carbonyl (C=O) groups is 1. The molecule has 1 aliphatic rings. The Kier molecular flexibility index (Phi) is 5.98. The van der Waals surface area contributed by atoms with Crippen molar-refractivity contribution in [2.75, 3.05) is 26.2 Å². The smallest absolute Gasteiger partial charge is 0.224 e. The Balaban J connectivity index is 2.00. The van der Waals surface area contributed by atoms with Gasteiger partial charge in [0.25, 0.3) is 0 Å². The second-order valence-electron chi connectivity index (χ2n) is 6.53. The summed E-state index contributed by atoms with van der Waals surface area (Å²) in [5.41, 5.74) is 10.9. The second-order valence-corrected chi connectivity index (χ2v) is 6.53. The van der Waals surface area contributed by atoms with Gasteiger partial charge in [0.1, 0.15) is 0 Å². The standard InChI is InChI=1S/C18H29N3O/c1-13-9-14(2)17(15(3)10-13)12-21-8-4-5-16(11-21)18(22)20-7-6-19/h9-10,16H,4-8,11-12,19H2,1-3H3,(H,20,22). The summed E-state index contributed by atoms with van der Waals surface area (Å²) in [6.07, 6.45) is 2.07. The fraction of sp³-hybridized carbons (Fsp3) is 0.611. The molecular weight excluding hydrogens is 274 g/mol. The van der Waals surface area contributed by atoms with E-state index in [9.17, 15) is 4.79 Å². The Morgan fingerprint density at radius 2 is 2.00 bits per heavy atom. The molecule has 1 aromatic rings. The van der Waals surface area contributed by atoms with Gasteiger partial charge in [0.15, 0.2) is 0 Å². The maximum atomic E-state index is 12.1. The minimum Gasteiger partial charge on any atom is -0.355 e. The molecule has 0 spiro atoms. The van der Waals surface area contributed by atoms with E-state index in [2.05, 4.69) is 43.1 Å². The van der Waals surface area contributed by atoms with Crippen molar-refractivity contribution in [2.24, 2.45) is 11.7 Å². The average Bonchev–Trinajstić information content (AvgIpc) is 2.48. The van der Waals surface area contributed by atoms with Crippen LogP contribution in [-0.4, -0.2) is 37.0 Å². The monoisotopic (exact) mass is 303 g/mol. The number of nitrogens with zero attached hydrogens (tertiary/aromatic N) is 1. The number of hydrogen-bond acceptors (Lipinski definition) is 3. The van der Waals surface area contributed by atoms with Crippen LogP contribution in [-0.2, 0) is 11.3 Å².